The molecule has 0 aliphatic rings. The lowest BCUT2D eigenvalue weighted by Crippen LogP contribution is -2.12. The molecule has 3 nitrogen and oxygen atoms in total. The van der Waals surface area contributed by atoms with Gasteiger partial charge in [0.1, 0.15) is 0 Å². The lowest BCUT2D eigenvalue weighted by atomic mass is 10.2. The van der Waals surface area contributed by atoms with Crippen LogP contribution >= 0.6 is 15.9 Å². The van der Waals surface area contributed by atoms with E-state index in [0.717, 1.165) is 29.5 Å². The SMILES string of the molecule is CN(C)c1ccc(NC(=O)CCCCBr)cc1. The van der Waals surface area contributed by atoms with Crippen LogP contribution in [0, 0.1) is 0 Å². The molecule has 0 unspecified atom stereocenters. The zero-order chi connectivity index (χ0) is 12.7. The van der Waals surface area contributed by atoms with Crippen molar-refractivity contribution < 1.29 is 4.79 Å². The van der Waals surface area contributed by atoms with Gasteiger partial charge >= 0.3 is 0 Å². The Kier molecular flexibility index (Phi) is 6.05. The summed E-state index contributed by atoms with van der Waals surface area (Å²) in [5.74, 6) is 0.0866. The molecule has 4 heteroatoms. The Labute approximate surface area is 111 Å². The highest BCUT2D eigenvalue weighted by atomic mass is 79.9. The standard InChI is InChI=1S/C13H19BrN2O/c1-16(2)12-8-6-11(7-9-12)15-13(17)5-3-4-10-14/h6-9H,3-5,10H2,1-2H3,(H,15,17). The molecule has 0 saturated carbocycles. The van der Waals surface area contributed by atoms with E-state index in [-0.39, 0.29) is 5.91 Å². The van der Waals surface area contributed by atoms with E-state index in [4.69, 9.17) is 0 Å². The highest BCUT2D eigenvalue weighted by Gasteiger charge is 2.02. The topological polar surface area (TPSA) is 32.3 Å². The Hall–Kier alpha value is -1.03. The largest absolute Gasteiger partial charge is 0.378 e. The van der Waals surface area contributed by atoms with Gasteiger partial charge in [0.25, 0.3) is 0 Å². The van der Waals surface area contributed by atoms with Crippen molar-refractivity contribution in [3.8, 4) is 0 Å². The maximum atomic E-state index is 11.6. The lowest BCUT2D eigenvalue weighted by molar-refractivity contribution is -0.116. The first kappa shape index (κ1) is 14.0. The minimum absolute atomic E-state index is 0.0866. The Morgan fingerprint density at radius 3 is 2.41 bits per heavy atom. The third kappa shape index (κ3) is 5.22. The van der Waals surface area contributed by atoms with Crippen LogP contribution < -0.4 is 10.2 Å². The predicted molar refractivity (Wildman–Crippen MR) is 77.0 cm³/mol. The molecule has 0 radical (unpaired) electrons. The number of halogens is 1. The summed E-state index contributed by atoms with van der Waals surface area (Å²) in [5.41, 5.74) is 1.99. The van der Waals surface area contributed by atoms with Gasteiger partial charge in [-0.05, 0) is 37.1 Å². The molecule has 0 bridgehead atoms. The van der Waals surface area contributed by atoms with Crippen molar-refractivity contribution in [2.75, 3.05) is 29.6 Å². The molecule has 1 amide bonds. The predicted octanol–water partition coefficient (Wildman–Crippen LogP) is 3.26. The molecule has 17 heavy (non-hydrogen) atoms. The molecular formula is C13H19BrN2O. The smallest absolute Gasteiger partial charge is 0.224 e. The second kappa shape index (κ2) is 7.33. The summed E-state index contributed by atoms with van der Waals surface area (Å²) >= 11 is 3.35. The molecule has 0 fully saturated rings. The van der Waals surface area contributed by atoms with Gasteiger partial charge in [-0.3, -0.25) is 4.79 Å². The van der Waals surface area contributed by atoms with E-state index in [1.54, 1.807) is 0 Å². The van der Waals surface area contributed by atoms with Gasteiger partial charge in [-0.15, -0.1) is 0 Å². The monoisotopic (exact) mass is 298 g/mol. The van der Waals surface area contributed by atoms with Crippen molar-refractivity contribution in [1.82, 2.24) is 0 Å². The number of nitrogens with zero attached hydrogens (tertiary/aromatic N) is 1. The van der Waals surface area contributed by atoms with Crippen molar-refractivity contribution in [3.63, 3.8) is 0 Å². The molecule has 0 heterocycles. The molecule has 1 aromatic carbocycles. The fraction of sp³-hybridized carbons (Fsp3) is 0.462. The van der Waals surface area contributed by atoms with Gasteiger partial charge in [-0.25, -0.2) is 0 Å². The molecule has 0 atom stereocenters. The average molecular weight is 299 g/mol. The van der Waals surface area contributed by atoms with E-state index < -0.39 is 0 Å². The summed E-state index contributed by atoms with van der Waals surface area (Å²) in [5, 5.41) is 3.85. The van der Waals surface area contributed by atoms with Crippen LogP contribution in [-0.4, -0.2) is 25.3 Å². The summed E-state index contributed by atoms with van der Waals surface area (Å²) in [4.78, 5) is 13.6. The maximum absolute atomic E-state index is 11.6. The molecule has 94 valence electrons. The van der Waals surface area contributed by atoms with E-state index in [1.807, 2.05) is 43.3 Å². The van der Waals surface area contributed by atoms with Crippen molar-refractivity contribution in [2.24, 2.45) is 0 Å². The third-order valence-corrected chi connectivity index (χ3v) is 3.02. The van der Waals surface area contributed by atoms with Crippen LogP contribution in [0.15, 0.2) is 24.3 Å². The van der Waals surface area contributed by atoms with Crippen LogP contribution in [0.1, 0.15) is 19.3 Å². The van der Waals surface area contributed by atoms with Gasteiger partial charge < -0.3 is 10.2 Å². The zero-order valence-electron chi connectivity index (χ0n) is 10.4. The summed E-state index contributed by atoms with van der Waals surface area (Å²) in [6, 6.07) is 7.84. The molecule has 1 N–H and O–H groups in total. The highest BCUT2D eigenvalue weighted by Crippen LogP contribution is 2.15. The fourth-order valence-corrected chi connectivity index (χ4v) is 1.84. The number of benzene rings is 1. The average Bonchev–Trinajstić information content (AvgIpc) is 2.30. The van der Waals surface area contributed by atoms with E-state index in [1.165, 1.54) is 0 Å². The van der Waals surface area contributed by atoms with E-state index in [2.05, 4.69) is 21.2 Å². The van der Waals surface area contributed by atoms with E-state index >= 15 is 0 Å². The Morgan fingerprint density at radius 1 is 1.24 bits per heavy atom. The van der Waals surface area contributed by atoms with Crippen molar-refractivity contribution in [1.29, 1.82) is 0 Å². The van der Waals surface area contributed by atoms with Crippen molar-refractivity contribution >= 4 is 33.2 Å². The number of anilines is 2. The van der Waals surface area contributed by atoms with E-state index in [9.17, 15) is 4.79 Å². The molecule has 1 aromatic rings. The highest BCUT2D eigenvalue weighted by molar-refractivity contribution is 9.09. The maximum Gasteiger partial charge on any atom is 0.224 e. The summed E-state index contributed by atoms with van der Waals surface area (Å²) in [6.07, 6.45) is 2.54. The molecule has 0 saturated heterocycles. The number of hydrogen-bond donors (Lipinski definition) is 1. The number of carbonyl (C=O) groups excluding carboxylic acids is 1. The second-order valence-corrected chi connectivity index (χ2v) is 4.93. The van der Waals surface area contributed by atoms with Gasteiger partial charge in [0, 0.05) is 37.2 Å². The number of rotatable bonds is 6. The van der Waals surface area contributed by atoms with Gasteiger partial charge in [0.15, 0.2) is 0 Å². The van der Waals surface area contributed by atoms with Crippen molar-refractivity contribution in [2.45, 2.75) is 19.3 Å². The number of unbranched alkanes of at least 4 members (excludes halogenated alkanes) is 1. The van der Waals surface area contributed by atoms with Crippen LogP contribution in [0.25, 0.3) is 0 Å². The minimum Gasteiger partial charge on any atom is -0.378 e. The summed E-state index contributed by atoms with van der Waals surface area (Å²) in [7, 11) is 3.99. The zero-order valence-corrected chi connectivity index (χ0v) is 12.0. The van der Waals surface area contributed by atoms with Gasteiger partial charge in [0.2, 0.25) is 5.91 Å². The number of hydrogen-bond acceptors (Lipinski definition) is 2. The molecule has 0 spiro atoms. The Balaban J connectivity index is 2.43. The number of amides is 1. The molecule has 0 aromatic heterocycles. The van der Waals surface area contributed by atoms with Crippen molar-refractivity contribution in [3.05, 3.63) is 24.3 Å². The normalized spacial score (nSPS) is 10.1. The minimum atomic E-state index is 0.0866. The molecule has 0 aliphatic carbocycles. The first-order valence-corrected chi connectivity index (χ1v) is 6.89. The lowest BCUT2D eigenvalue weighted by Gasteiger charge is -2.13. The number of nitrogens with one attached hydrogen (secondary N) is 1. The van der Waals surface area contributed by atoms with Crippen LogP contribution in [0.4, 0.5) is 11.4 Å². The van der Waals surface area contributed by atoms with Gasteiger partial charge in [-0.2, -0.15) is 0 Å². The third-order valence-electron chi connectivity index (χ3n) is 2.45. The number of alkyl halides is 1. The van der Waals surface area contributed by atoms with Gasteiger partial charge in [0.05, 0.1) is 0 Å². The first-order chi connectivity index (χ1) is 8.13. The molecular weight excluding hydrogens is 280 g/mol. The second-order valence-electron chi connectivity index (χ2n) is 4.14. The Morgan fingerprint density at radius 2 is 1.88 bits per heavy atom. The molecule has 0 aliphatic heterocycles. The number of carbonyl (C=O) groups is 1. The first-order valence-electron chi connectivity index (χ1n) is 5.76. The van der Waals surface area contributed by atoms with Gasteiger partial charge in [-0.1, -0.05) is 15.9 Å². The quantitative estimate of drug-likeness (QED) is 0.646. The van der Waals surface area contributed by atoms with Crippen LogP contribution in [0.3, 0.4) is 0 Å². The summed E-state index contributed by atoms with van der Waals surface area (Å²) in [6.45, 7) is 0. The van der Waals surface area contributed by atoms with E-state index in [0.29, 0.717) is 6.42 Å². The van der Waals surface area contributed by atoms with Crippen LogP contribution in [-0.2, 0) is 4.79 Å². The summed E-state index contributed by atoms with van der Waals surface area (Å²) < 4.78 is 0. The molecule has 1 rings (SSSR count). The van der Waals surface area contributed by atoms with Crippen LogP contribution in [0.2, 0.25) is 0 Å². The Bertz CT molecular complexity index is 349. The fourth-order valence-electron chi connectivity index (χ4n) is 1.45. The van der Waals surface area contributed by atoms with Crippen LogP contribution in [0.5, 0.6) is 0 Å².